The molecule has 0 fully saturated rings. The molecule has 1 atom stereocenters. The summed E-state index contributed by atoms with van der Waals surface area (Å²) in [7, 11) is 0.640. The summed E-state index contributed by atoms with van der Waals surface area (Å²) in [6.45, 7) is 3.48. The molecule has 4 heteroatoms. The van der Waals surface area contributed by atoms with Crippen molar-refractivity contribution in [1.29, 1.82) is 0 Å². The number of hydrogen-bond donors (Lipinski definition) is 0. The van der Waals surface area contributed by atoms with Crippen molar-refractivity contribution in [2.75, 3.05) is 0 Å². The summed E-state index contributed by atoms with van der Waals surface area (Å²) < 4.78 is 4.92. The van der Waals surface area contributed by atoms with Crippen molar-refractivity contribution >= 4 is 33.7 Å². The topological polar surface area (TPSA) is 9.23 Å². The first-order valence-electron chi connectivity index (χ1n) is 2.16. The average molecular weight is 171 g/mol. The first kappa shape index (κ1) is 8.50. The second-order valence-corrected chi connectivity index (χ2v) is 2.91. The third kappa shape index (κ3) is 2.72. The molecule has 0 radical (unpaired) electrons. The molecule has 0 rings (SSSR count). The highest BCUT2D eigenvalue weighted by Crippen LogP contribution is 2.10. The summed E-state index contributed by atoms with van der Waals surface area (Å²) in [6, 6.07) is 0. The van der Waals surface area contributed by atoms with Gasteiger partial charge in [0.15, 0.2) is 0 Å². The van der Waals surface area contributed by atoms with E-state index in [0.717, 1.165) is 0 Å². The third-order valence-corrected chi connectivity index (χ3v) is 1.79. The molecule has 0 spiro atoms. The van der Waals surface area contributed by atoms with E-state index in [2.05, 4.69) is 6.58 Å². The molecule has 0 amide bonds. The minimum absolute atomic E-state index is 0.190. The highest BCUT2D eigenvalue weighted by molar-refractivity contribution is 6.44. The van der Waals surface area contributed by atoms with E-state index in [0.29, 0.717) is 10.5 Å². The van der Waals surface area contributed by atoms with E-state index in [4.69, 9.17) is 27.6 Å². The Morgan fingerprint density at radius 2 is 2.12 bits per heavy atom. The minimum atomic E-state index is -0.481. The third-order valence-electron chi connectivity index (χ3n) is 0.753. The summed E-state index contributed by atoms with van der Waals surface area (Å²) >= 11 is 10.9. The van der Waals surface area contributed by atoms with E-state index >= 15 is 0 Å². The number of rotatable bonds is 3. The van der Waals surface area contributed by atoms with Crippen LogP contribution in [-0.2, 0) is 4.43 Å². The molecule has 0 heterocycles. The van der Waals surface area contributed by atoms with Crippen molar-refractivity contribution in [3.8, 4) is 0 Å². The van der Waals surface area contributed by atoms with Crippen molar-refractivity contribution in [2.24, 2.45) is 0 Å². The molecule has 48 valence electrons. The Bertz CT molecular complexity index is 76.4. The van der Waals surface area contributed by atoms with Gasteiger partial charge < -0.3 is 4.43 Å². The lowest BCUT2D eigenvalue weighted by molar-refractivity contribution is 0.291. The zero-order valence-corrected chi connectivity index (χ0v) is 8.12. The van der Waals surface area contributed by atoms with Crippen LogP contribution in [0, 0.1) is 0 Å². The minimum Gasteiger partial charge on any atom is -0.419 e. The van der Waals surface area contributed by atoms with Gasteiger partial charge in [-0.25, -0.2) is 0 Å². The molecule has 1 unspecified atom stereocenters. The van der Waals surface area contributed by atoms with Crippen LogP contribution < -0.4 is 0 Å². The standard InChI is InChI=1S/C4H8Cl2OSi/c1-2-3(7-8)4(5)6/h2-4H,1H2,8H3. The molecule has 0 aliphatic heterocycles. The van der Waals surface area contributed by atoms with Gasteiger partial charge in [0.25, 0.3) is 0 Å². The Balaban J connectivity index is 3.51. The number of alkyl halides is 2. The van der Waals surface area contributed by atoms with Gasteiger partial charge in [0, 0.05) is 0 Å². The quantitative estimate of drug-likeness (QED) is 0.344. The molecule has 0 aliphatic rings. The van der Waals surface area contributed by atoms with Gasteiger partial charge in [-0.3, -0.25) is 0 Å². The van der Waals surface area contributed by atoms with Crippen LogP contribution in [0.3, 0.4) is 0 Å². The Hall–Kier alpha value is 0.497. The van der Waals surface area contributed by atoms with Crippen LogP contribution in [0.15, 0.2) is 12.7 Å². The molecule has 0 saturated carbocycles. The predicted molar refractivity (Wildman–Crippen MR) is 40.5 cm³/mol. The summed E-state index contributed by atoms with van der Waals surface area (Å²) in [4.78, 5) is -0.481. The van der Waals surface area contributed by atoms with Gasteiger partial charge in [-0.1, -0.05) is 6.08 Å². The van der Waals surface area contributed by atoms with Crippen molar-refractivity contribution in [2.45, 2.75) is 10.9 Å². The molecule has 0 aromatic carbocycles. The van der Waals surface area contributed by atoms with Gasteiger partial charge in [-0.2, -0.15) is 0 Å². The molecule has 0 aromatic heterocycles. The van der Waals surface area contributed by atoms with Gasteiger partial charge in [-0.05, 0) is 0 Å². The summed E-state index contributed by atoms with van der Waals surface area (Å²) in [5.41, 5.74) is 0. The molecule has 0 N–H and O–H groups in total. The van der Waals surface area contributed by atoms with Gasteiger partial charge in [0.05, 0.1) is 6.10 Å². The lowest BCUT2D eigenvalue weighted by Gasteiger charge is -2.09. The zero-order chi connectivity index (χ0) is 6.57. The van der Waals surface area contributed by atoms with Gasteiger partial charge in [-0.15, -0.1) is 29.8 Å². The maximum Gasteiger partial charge on any atom is 0.147 e. The van der Waals surface area contributed by atoms with Crippen LogP contribution >= 0.6 is 23.2 Å². The van der Waals surface area contributed by atoms with Gasteiger partial charge in [0.2, 0.25) is 0 Å². The SMILES string of the molecule is C=CC(O[SiH3])C(Cl)Cl. The molecular weight excluding hydrogens is 163 g/mol. The van der Waals surface area contributed by atoms with Crippen LogP contribution in [0.4, 0.5) is 0 Å². The second-order valence-electron chi connectivity index (χ2n) is 1.27. The molecule has 0 bridgehead atoms. The number of hydrogen-bond acceptors (Lipinski definition) is 1. The average Bonchev–Trinajstić information content (AvgIpc) is 1.69. The van der Waals surface area contributed by atoms with Crippen LogP contribution in [0.25, 0.3) is 0 Å². The zero-order valence-electron chi connectivity index (χ0n) is 4.60. The van der Waals surface area contributed by atoms with Crippen LogP contribution in [0.1, 0.15) is 0 Å². The maximum absolute atomic E-state index is 5.44. The summed E-state index contributed by atoms with van der Waals surface area (Å²) in [6.07, 6.45) is 1.41. The molecule has 1 nitrogen and oxygen atoms in total. The highest BCUT2D eigenvalue weighted by Gasteiger charge is 2.09. The molecule has 0 saturated heterocycles. The Morgan fingerprint density at radius 1 is 1.62 bits per heavy atom. The van der Waals surface area contributed by atoms with Crippen molar-refractivity contribution in [3.63, 3.8) is 0 Å². The normalized spacial score (nSPS) is 14.4. The summed E-state index contributed by atoms with van der Waals surface area (Å²) in [5, 5.41) is 0. The monoisotopic (exact) mass is 170 g/mol. The Morgan fingerprint density at radius 3 is 2.12 bits per heavy atom. The Kier molecular flexibility index (Phi) is 4.66. The van der Waals surface area contributed by atoms with E-state index in [1.54, 1.807) is 6.08 Å². The maximum atomic E-state index is 5.44. The summed E-state index contributed by atoms with van der Waals surface area (Å²) in [5.74, 6) is 0. The molecule has 0 aliphatic carbocycles. The van der Waals surface area contributed by atoms with E-state index in [-0.39, 0.29) is 6.10 Å². The molecule has 0 aromatic rings. The lowest BCUT2D eigenvalue weighted by Crippen LogP contribution is -2.15. The fraction of sp³-hybridized carbons (Fsp3) is 0.500. The first-order valence-corrected chi connectivity index (χ1v) is 3.84. The fourth-order valence-corrected chi connectivity index (χ4v) is 1.52. The van der Waals surface area contributed by atoms with Crippen LogP contribution in [0.5, 0.6) is 0 Å². The smallest absolute Gasteiger partial charge is 0.147 e. The largest absolute Gasteiger partial charge is 0.419 e. The predicted octanol–water partition coefficient (Wildman–Crippen LogP) is 0.642. The van der Waals surface area contributed by atoms with Crippen molar-refractivity contribution in [1.82, 2.24) is 0 Å². The van der Waals surface area contributed by atoms with Crippen LogP contribution in [-0.4, -0.2) is 21.4 Å². The second kappa shape index (κ2) is 4.38. The van der Waals surface area contributed by atoms with Crippen molar-refractivity contribution in [3.05, 3.63) is 12.7 Å². The van der Waals surface area contributed by atoms with E-state index in [1.165, 1.54) is 0 Å². The van der Waals surface area contributed by atoms with Gasteiger partial charge in [0.1, 0.15) is 15.3 Å². The Labute approximate surface area is 62.2 Å². The lowest BCUT2D eigenvalue weighted by atomic mass is 10.4. The molecule has 8 heavy (non-hydrogen) atoms. The first-order chi connectivity index (χ1) is 3.72. The molecular formula is C4H8Cl2OSi. The van der Waals surface area contributed by atoms with Crippen LogP contribution in [0.2, 0.25) is 0 Å². The van der Waals surface area contributed by atoms with E-state index < -0.39 is 4.84 Å². The van der Waals surface area contributed by atoms with Crippen molar-refractivity contribution < 1.29 is 4.43 Å². The fourth-order valence-electron chi connectivity index (χ4n) is 0.302. The van der Waals surface area contributed by atoms with E-state index in [9.17, 15) is 0 Å². The van der Waals surface area contributed by atoms with Gasteiger partial charge >= 0.3 is 0 Å². The van der Waals surface area contributed by atoms with E-state index in [1.807, 2.05) is 0 Å². The highest BCUT2D eigenvalue weighted by atomic mass is 35.5. The number of halogens is 2.